The van der Waals surface area contributed by atoms with Gasteiger partial charge in [0.1, 0.15) is 6.61 Å². The minimum Gasteiger partial charge on any atom is -0.462 e. The van der Waals surface area contributed by atoms with Gasteiger partial charge in [-0.05, 0) is 83.5 Å². The lowest BCUT2D eigenvalue weighted by atomic mass is 10.0. The molecule has 0 fully saturated rings. The van der Waals surface area contributed by atoms with Crippen LogP contribution >= 0.6 is 7.82 Å². The van der Waals surface area contributed by atoms with Gasteiger partial charge < -0.3 is 20.1 Å². The second kappa shape index (κ2) is 66.8. The van der Waals surface area contributed by atoms with Crippen molar-refractivity contribution in [2.45, 2.75) is 354 Å². The molecule has 9 nitrogen and oxygen atoms in total. The van der Waals surface area contributed by atoms with E-state index in [1.165, 1.54) is 257 Å². The molecule has 3 N–H and O–H groups in total. The number of phosphoric acid groups is 1. The highest BCUT2D eigenvalue weighted by molar-refractivity contribution is 7.47. The first-order chi connectivity index (χ1) is 39.8. The minimum atomic E-state index is -4.39. The molecule has 474 valence electrons. The fourth-order valence-corrected chi connectivity index (χ4v) is 11.0. The Kier molecular flexibility index (Phi) is 65.0. The first kappa shape index (κ1) is 78.7. The summed E-state index contributed by atoms with van der Waals surface area (Å²) in [5, 5.41) is 0. The molecular formula is C71H132NO8P. The van der Waals surface area contributed by atoms with E-state index in [0.717, 1.165) is 57.8 Å². The highest BCUT2D eigenvalue weighted by atomic mass is 31.2. The van der Waals surface area contributed by atoms with Crippen molar-refractivity contribution >= 4 is 19.8 Å². The summed E-state index contributed by atoms with van der Waals surface area (Å²) in [7, 11) is -4.39. The fourth-order valence-electron chi connectivity index (χ4n) is 10.2. The van der Waals surface area contributed by atoms with E-state index in [2.05, 4.69) is 74.6 Å². The molecule has 2 unspecified atom stereocenters. The van der Waals surface area contributed by atoms with Crippen LogP contribution in [0.1, 0.15) is 348 Å². The van der Waals surface area contributed by atoms with Crippen LogP contribution in [0.2, 0.25) is 0 Å². The Morgan fingerprint density at radius 2 is 0.642 bits per heavy atom. The number of hydrogen-bond donors (Lipinski definition) is 2. The number of nitrogens with two attached hydrogens (primary N) is 1. The maximum atomic E-state index is 12.8. The van der Waals surface area contributed by atoms with Crippen molar-refractivity contribution in [2.75, 3.05) is 26.4 Å². The molecule has 0 bridgehead atoms. The molecular weight excluding hydrogens is 1030 g/mol. The molecule has 0 radical (unpaired) electrons. The molecule has 0 rings (SSSR count). The maximum absolute atomic E-state index is 12.8. The zero-order valence-electron chi connectivity index (χ0n) is 53.3. The highest BCUT2D eigenvalue weighted by Gasteiger charge is 2.26. The van der Waals surface area contributed by atoms with Gasteiger partial charge in [0.25, 0.3) is 0 Å². The van der Waals surface area contributed by atoms with E-state index in [4.69, 9.17) is 24.3 Å². The first-order valence-corrected chi connectivity index (χ1v) is 36.3. The van der Waals surface area contributed by atoms with Crippen LogP contribution in [0.3, 0.4) is 0 Å². The van der Waals surface area contributed by atoms with Crippen LogP contribution < -0.4 is 5.73 Å². The van der Waals surface area contributed by atoms with Gasteiger partial charge in [-0.1, -0.05) is 312 Å². The van der Waals surface area contributed by atoms with E-state index in [0.29, 0.717) is 6.42 Å². The Labute approximate surface area is 501 Å². The van der Waals surface area contributed by atoms with Crippen molar-refractivity contribution < 1.29 is 37.6 Å². The standard InChI is InChI=1S/C71H132NO8P/c1-3-5-7-9-11-13-15-17-19-21-23-25-27-29-31-32-33-34-35-36-38-39-41-43-45-47-49-51-53-55-57-59-61-63-70(73)77-67-69(68-79-81(75,76)78-66-65-72)80-71(74)64-62-60-58-56-54-52-50-48-46-44-42-40-37-30-28-26-24-22-20-18-16-14-12-10-8-6-4-2/h15-18,21-24,28,30,69H,3-14,19-20,25-27,29,31-68,72H2,1-2H3,(H,75,76)/b17-15-,18-16-,23-21-,24-22-,30-28-. The quantitative estimate of drug-likeness (QED) is 0.0264. The van der Waals surface area contributed by atoms with Crippen LogP contribution in [-0.4, -0.2) is 49.3 Å². The van der Waals surface area contributed by atoms with Gasteiger partial charge in [-0.25, -0.2) is 4.57 Å². The van der Waals surface area contributed by atoms with E-state index >= 15 is 0 Å². The zero-order valence-corrected chi connectivity index (χ0v) is 54.2. The van der Waals surface area contributed by atoms with Crippen LogP contribution in [-0.2, 0) is 32.7 Å². The average Bonchev–Trinajstić information content (AvgIpc) is 3.46. The molecule has 0 aliphatic heterocycles. The van der Waals surface area contributed by atoms with E-state index in [9.17, 15) is 19.0 Å². The lowest BCUT2D eigenvalue weighted by Crippen LogP contribution is -2.29. The van der Waals surface area contributed by atoms with Crippen molar-refractivity contribution in [3.05, 3.63) is 60.8 Å². The van der Waals surface area contributed by atoms with Crippen molar-refractivity contribution in [1.29, 1.82) is 0 Å². The lowest BCUT2D eigenvalue weighted by molar-refractivity contribution is -0.161. The van der Waals surface area contributed by atoms with Crippen LogP contribution in [0.4, 0.5) is 0 Å². The number of allylic oxidation sites excluding steroid dienone is 10. The molecule has 0 aromatic carbocycles. The number of carbonyl (C=O) groups excluding carboxylic acids is 2. The van der Waals surface area contributed by atoms with Gasteiger partial charge in [0, 0.05) is 19.4 Å². The maximum Gasteiger partial charge on any atom is 0.472 e. The van der Waals surface area contributed by atoms with Gasteiger partial charge in [-0.3, -0.25) is 18.6 Å². The van der Waals surface area contributed by atoms with Crippen LogP contribution in [0.5, 0.6) is 0 Å². The van der Waals surface area contributed by atoms with Crippen LogP contribution in [0.25, 0.3) is 0 Å². The largest absolute Gasteiger partial charge is 0.472 e. The second-order valence-corrected chi connectivity index (χ2v) is 24.8. The summed E-state index contributed by atoms with van der Waals surface area (Å²) in [6, 6.07) is 0. The average molecular weight is 1160 g/mol. The third-order valence-corrected chi connectivity index (χ3v) is 16.4. The molecule has 0 aromatic rings. The summed E-state index contributed by atoms with van der Waals surface area (Å²) < 4.78 is 33.2. The van der Waals surface area contributed by atoms with Crippen molar-refractivity contribution in [3.63, 3.8) is 0 Å². The molecule has 0 saturated carbocycles. The van der Waals surface area contributed by atoms with Crippen LogP contribution in [0.15, 0.2) is 60.8 Å². The van der Waals surface area contributed by atoms with Gasteiger partial charge in [0.05, 0.1) is 13.2 Å². The number of esters is 2. The third-order valence-electron chi connectivity index (χ3n) is 15.4. The summed E-state index contributed by atoms with van der Waals surface area (Å²) in [5.41, 5.74) is 5.40. The first-order valence-electron chi connectivity index (χ1n) is 34.8. The Bertz CT molecular complexity index is 1510. The number of rotatable bonds is 66. The predicted octanol–water partition coefficient (Wildman–Crippen LogP) is 22.6. The number of unbranched alkanes of at least 4 members (excludes halogenated alkanes) is 43. The molecule has 2 atom stereocenters. The number of phosphoric ester groups is 1. The summed E-state index contributed by atoms with van der Waals surface area (Å²) in [6.07, 6.45) is 86.0. The van der Waals surface area contributed by atoms with Gasteiger partial charge in [-0.2, -0.15) is 0 Å². The molecule has 0 aliphatic carbocycles. The number of ether oxygens (including phenoxy) is 2. The molecule has 0 heterocycles. The fraction of sp³-hybridized carbons (Fsp3) is 0.831. The third kappa shape index (κ3) is 66.7. The molecule has 0 aliphatic rings. The number of hydrogen-bond acceptors (Lipinski definition) is 8. The molecule has 10 heteroatoms. The summed E-state index contributed by atoms with van der Waals surface area (Å²) in [5.74, 6) is -0.814. The van der Waals surface area contributed by atoms with E-state index < -0.39 is 26.5 Å². The Morgan fingerprint density at radius 1 is 0.370 bits per heavy atom. The van der Waals surface area contributed by atoms with Gasteiger partial charge in [-0.15, -0.1) is 0 Å². The highest BCUT2D eigenvalue weighted by Crippen LogP contribution is 2.43. The van der Waals surface area contributed by atoms with Crippen LogP contribution in [0, 0.1) is 0 Å². The second-order valence-electron chi connectivity index (χ2n) is 23.4. The summed E-state index contributed by atoms with van der Waals surface area (Å²) in [4.78, 5) is 35.3. The normalized spacial score (nSPS) is 13.3. The van der Waals surface area contributed by atoms with Crippen molar-refractivity contribution in [3.8, 4) is 0 Å². The van der Waals surface area contributed by atoms with Crippen molar-refractivity contribution in [1.82, 2.24) is 0 Å². The van der Waals surface area contributed by atoms with Gasteiger partial charge in [0.15, 0.2) is 6.10 Å². The molecule has 81 heavy (non-hydrogen) atoms. The summed E-state index contributed by atoms with van der Waals surface area (Å²) in [6.45, 7) is 3.77. The monoisotopic (exact) mass is 1160 g/mol. The molecule has 0 amide bonds. The predicted molar refractivity (Wildman–Crippen MR) is 349 cm³/mol. The summed E-state index contributed by atoms with van der Waals surface area (Å²) >= 11 is 0. The smallest absolute Gasteiger partial charge is 0.462 e. The van der Waals surface area contributed by atoms with E-state index in [1.807, 2.05) is 0 Å². The topological polar surface area (TPSA) is 134 Å². The van der Waals surface area contributed by atoms with Gasteiger partial charge in [0.2, 0.25) is 0 Å². The molecule has 0 saturated heterocycles. The molecule has 0 aromatic heterocycles. The minimum absolute atomic E-state index is 0.0532. The number of carbonyl (C=O) groups is 2. The zero-order chi connectivity index (χ0) is 58.7. The van der Waals surface area contributed by atoms with E-state index in [-0.39, 0.29) is 38.6 Å². The Balaban J connectivity index is 3.85. The lowest BCUT2D eigenvalue weighted by Gasteiger charge is -2.19. The Morgan fingerprint density at radius 3 is 0.951 bits per heavy atom. The van der Waals surface area contributed by atoms with Gasteiger partial charge >= 0.3 is 19.8 Å². The molecule has 0 spiro atoms. The Hall–Kier alpha value is -2.29. The van der Waals surface area contributed by atoms with E-state index in [1.54, 1.807) is 0 Å². The van der Waals surface area contributed by atoms with Crippen molar-refractivity contribution in [2.24, 2.45) is 5.73 Å². The SMILES string of the molecule is CCCCCCC/C=C\C/C=C\C/C=C\CCCCCCCCCCCCCCC(=O)OC(COC(=O)CCCCCCCCCCCCCCCCCCCCCCC/C=C\C/C=C\CCCCCCC)COP(=O)(O)OCCN.